The summed E-state index contributed by atoms with van der Waals surface area (Å²) in [6.07, 6.45) is 0. The molecule has 0 aliphatic heterocycles. The van der Waals surface area contributed by atoms with Crippen molar-refractivity contribution in [3.05, 3.63) is 90.5 Å². The quantitative estimate of drug-likeness (QED) is 0.609. The molecule has 0 spiro atoms. The number of benzene rings is 3. The van der Waals surface area contributed by atoms with Crippen LogP contribution in [0.1, 0.15) is 11.1 Å². The van der Waals surface area contributed by atoms with E-state index < -0.39 is 5.60 Å². The summed E-state index contributed by atoms with van der Waals surface area (Å²) in [5.74, 6) is 0. The highest BCUT2D eigenvalue weighted by molar-refractivity contribution is 5.88. The SMILES string of the molecule is C=C(n1nnc2ccccc21)C1(O)c2ccccc2-c2ccccc21. The van der Waals surface area contributed by atoms with Gasteiger partial charge in [0.2, 0.25) is 0 Å². The van der Waals surface area contributed by atoms with Gasteiger partial charge < -0.3 is 5.11 Å². The number of hydrogen-bond acceptors (Lipinski definition) is 3. The molecule has 4 aromatic rings. The highest BCUT2D eigenvalue weighted by Gasteiger charge is 2.45. The van der Waals surface area contributed by atoms with E-state index in [1.807, 2.05) is 72.8 Å². The molecule has 1 heterocycles. The summed E-state index contributed by atoms with van der Waals surface area (Å²) < 4.78 is 1.63. The summed E-state index contributed by atoms with van der Waals surface area (Å²) >= 11 is 0. The zero-order chi connectivity index (χ0) is 17.0. The number of hydrogen-bond donors (Lipinski definition) is 1. The van der Waals surface area contributed by atoms with Crippen LogP contribution in [0, 0.1) is 0 Å². The molecule has 0 unspecified atom stereocenters. The predicted octanol–water partition coefficient (Wildman–Crippen LogP) is 3.82. The van der Waals surface area contributed by atoms with E-state index in [1.54, 1.807) is 4.68 Å². The van der Waals surface area contributed by atoms with Crippen LogP contribution in [0.4, 0.5) is 0 Å². The third kappa shape index (κ3) is 1.74. The summed E-state index contributed by atoms with van der Waals surface area (Å²) in [4.78, 5) is 0. The van der Waals surface area contributed by atoms with E-state index in [1.165, 1.54) is 0 Å². The fourth-order valence-corrected chi connectivity index (χ4v) is 3.74. The average molecular weight is 325 g/mol. The molecule has 1 aromatic heterocycles. The van der Waals surface area contributed by atoms with Crippen LogP contribution in [0.2, 0.25) is 0 Å². The maximum Gasteiger partial charge on any atom is 0.158 e. The Balaban J connectivity index is 1.79. The second-order valence-electron chi connectivity index (χ2n) is 6.24. The summed E-state index contributed by atoms with van der Waals surface area (Å²) in [5, 5.41) is 20.2. The van der Waals surface area contributed by atoms with Gasteiger partial charge in [-0.15, -0.1) is 5.10 Å². The number of para-hydroxylation sites is 1. The monoisotopic (exact) mass is 325 g/mol. The van der Waals surface area contributed by atoms with Crippen LogP contribution in [0.3, 0.4) is 0 Å². The second kappa shape index (κ2) is 4.88. The van der Waals surface area contributed by atoms with E-state index in [4.69, 9.17) is 0 Å². The lowest BCUT2D eigenvalue weighted by Crippen LogP contribution is -2.29. The maximum absolute atomic E-state index is 11.8. The van der Waals surface area contributed by atoms with E-state index in [-0.39, 0.29) is 0 Å². The highest BCUT2D eigenvalue weighted by atomic mass is 16.3. The van der Waals surface area contributed by atoms with Gasteiger partial charge in [-0.05, 0) is 23.3 Å². The van der Waals surface area contributed by atoms with Gasteiger partial charge in [0.1, 0.15) is 5.52 Å². The van der Waals surface area contributed by atoms with Crippen molar-refractivity contribution in [3.63, 3.8) is 0 Å². The van der Waals surface area contributed by atoms with E-state index in [2.05, 4.69) is 16.9 Å². The third-order valence-corrected chi connectivity index (χ3v) is 4.95. The van der Waals surface area contributed by atoms with E-state index >= 15 is 0 Å². The number of nitrogens with zero attached hydrogens (tertiary/aromatic N) is 3. The van der Waals surface area contributed by atoms with Crippen molar-refractivity contribution in [2.75, 3.05) is 0 Å². The lowest BCUT2D eigenvalue weighted by Gasteiger charge is -2.28. The molecule has 1 N–H and O–H groups in total. The van der Waals surface area contributed by atoms with Gasteiger partial charge in [0.15, 0.2) is 5.60 Å². The fourth-order valence-electron chi connectivity index (χ4n) is 3.74. The number of fused-ring (bicyclic) bond motifs is 4. The molecule has 0 bridgehead atoms. The van der Waals surface area contributed by atoms with Gasteiger partial charge in [-0.2, -0.15) is 0 Å². The first-order chi connectivity index (χ1) is 12.2. The first-order valence-corrected chi connectivity index (χ1v) is 8.13. The van der Waals surface area contributed by atoms with Gasteiger partial charge in [-0.25, -0.2) is 4.68 Å². The Morgan fingerprint density at radius 3 is 2.08 bits per heavy atom. The maximum atomic E-state index is 11.8. The van der Waals surface area contributed by atoms with Crippen molar-refractivity contribution in [1.82, 2.24) is 15.0 Å². The smallest absolute Gasteiger partial charge is 0.158 e. The number of rotatable bonds is 2. The highest BCUT2D eigenvalue weighted by Crippen LogP contribution is 2.51. The number of aromatic nitrogens is 3. The van der Waals surface area contributed by atoms with Crippen LogP contribution >= 0.6 is 0 Å². The van der Waals surface area contributed by atoms with Crippen molar-refractivity contribution >= 4 is 16.7 Å². The van der Waals surface area contributed by atoms with E-state index in [0.717, 1.165) is 33.3 Å². The van der Waals surface area contributed by atoms with Crippen molar-refractivity contribution in [2.24, 2.45) is 0 Å². The molecule has 4 nitrogen and oxygen atoms in total. The van der Waals surface area contributed by atoms with Crippen LogP contribution in [0.5, 0.6) is 0 Å². The average Bonchev–Trinajstić information content (AvgIpc) is 3.21. The normalized spacial score (nSPS) is 14.3. The van der Waals surface area contributed by atoms with Crippen molar-refractivity contribution in [3.8, 4) is 11.1 Å². The Morgan fingerprint density at radius 1 is 0.840 bits per heavy atom. The molecule has 0 radical (unpaired) electrons. The van der Waals surface area contributed by atoms with Gasteiger partial charge >= 0.3 is 0 Å². The Bertz CT molecular complexity index is 1100. The first kappa shape index (κ1) is 14.1. The van der Waals surface area contributed by atoms with Crippen LogP contribution in [0.25, 0.3) is 27.9 Å². The Hall–Kier alpha value is -3.24. The fraction of sp³-hybridized carbons (Fsp3) is 0.0476. The lowest BCUT2D eigenvalue weighted by atomic mass is 9.88. The van der Waals surface area contributed by atoms with E-state index in [9.17, 15) is 5.11 Å². The Kier molecular flexibility index (Phi) is 2.76. The predicted molar refractivity (Wildman–Crippen MR) is 97.7 cm³/mol. The summed E-state index contributed by atoms with van der Waals surface area (Å²) in [7, 11) is 0. The lowest BCUT2D eigenvalue weighted by molar-refractivity contribution is 0.143. The van der Waals surface area contributed by atoms with Gasteiger partial charge in [0.05, 0.1) is 11.2 Å². The molecule has 0 saturated carbocycles. The minimum atomic E-state index is -1.34. The molecule has 25 heavy (non-hydrogen) atoms. The van der Waals surface area contributed by atoms with Crippen molar-refractivity contribution in [2.45, 2.75) is 5.60 Å². The molecule has 0 amide bonds. The van der Waals surface area contributed by atoms with Crippen LogP contribution < -0.4 is 0 Å². The van der Waals surface area contributed by atoms with Crippen LogP contribution in [-0.4, -0.2) is 20.1 Å². The van der Waals surface area contributed by atoms with Gasteiger partial charge in [-0.1, -0.05) is 72.5 Å². The molecule has 3 aromatic carbocycles. The molecule has 1 aliphatic carbocycles. The largest absolute Gasteiger partial charge is 0.374 e. The molecular formula is C21H15N3O. The van der Waals surface area contributed by atoms with Crippen molar-refractivity contribution in [1.29, 1.82) is 0 Å². The van der Waals surface area contributed by atoms with Gasteiger partial charge in [0, 0.05) is 11.1 Å². The molecule has 120 valence electrons. The zero-order valence-electron chi connectivity index (χ0n) is 13.4. The number of aliphatic hydroxyl groups is 1. The zero-order valence-corrected chi connectivity index (χ0v) is 13.4. The molecule has 0 fully saturated rings. The third-order valence-electron chi connectivity index (χ3n) is 4.95. The molecule has 5 rings (SSSR count). The van der Waals surface area contributed by atoms with Gasteiger partial charge in [0.25, 0.3) is 0 Å². The van der Waals surface area contributed by atoms with Crippen LogP contribution in [-0.2, 0) is 5.60 Å². The Labute approximate surface area is 144 Å². The molecule has 1 aliphatic rings. The molecule has 0 saturated heterocycles. The first-order valence-electron chi connectivity index (χ1n) is 8.13. The van der Waals surface area contributed by atoms with E-state index in [0.29, 0.717) is 5.70 Å². The summed E-state index contributed by atoms with van der Waals surface area (Å²) in [5.41, 5.74) is 4.40. The Morgan fingerprint density at radius 2 is 1.40 bits per heavy atom. The van der Waals surface area contributed by atoms with Gasteiger partial charge in [-0.3, -0.25) is 0 Å². The summed E-state index contributed by atoms with van der Waals surface area (Å²) in [6, 6.07) is 23.4. The minimum Gasteiger partial charge on any atom is -0.374 e. The standard InChI is InChI=1S/C21H15N3O/c1-14(24-20-13-7-6-12-19(20)22-23-24)21(25)17-10-4-2-8-15(17)16-9-3-5-11-18(16)21/h2-13,25H,1H2. The molecular weight excluding hydrogens is 310 g/mol. The topological polar surface area (TPSA) is 50.9 Å². The van der Waals surface area contributed by atoms with Crippen molar-refractivity contribution < 1.29 is 5.11 Å². The molecule has 0 atom stereocenters. The minimum absolute atomic E-state index is 0.471. The molecule has 4 heteroatoms. The van der Waals surface area contributed by atoms with Crippen LogP contribution in [0.15, 0.2) is 79.4 Å². The second-order valence-corrected chi connectivity index (χ2v) is 6.24. The summed E-state index contributed by atoms with van der Waals surface area (Å²) in [6.45, 7) is 4.21.